The maximum Gasteiger partial charge on any atom is 0.0115 e. The summed E-state index contributed by atoms with van der Waals surface area (Å²) in [5, 5.41) is 0. The highest BCUT2D eigenvalue weighted by molar-refractivity contribution is 14.1. The Balaban J connectivity index is 2.01. The van der Waals surface area contributed by atoms with Crippen molar-refractivity contribution in [2.24, 2.45) is 17.1 Å². The van der Waals surface area contributed by atoms with Gasteiger partial charge in [0.05, 0.1) is 0 Å². The van der Waals surface area contributed by atoms with Gasteiger partial charge in [0.15, 0.2) is 0 Å². The molecule has 16 heavy (non-hydrogen) atoms. The molecule has 0 heterocycles. The molecule has 2 saturated carbocycles. The van der Waals surface area contributed by atoms with Crippen molar-refractivity contribution in [3.8, 4) is 0 Å². The molecule has 2 rings (SSSR count). The molecule has 0 radical (unpaired) electrons. The van der Waals surface area contributed by atoms with Gasteiger partial charge in [-0.25, -0.2) is 0 Å². The molecule has 2 aliphatic carbocycles. The molecule has 3 atom stereocenters. The monoisotopic (exact) mass is 335 g/mol. The molecule has 1 spiro atoms. The van der Waals surface area contributed by atoms with E-state index in [1.165, 1.54) is 57.8 Å². The molecule has 94 valence electrons. The first-order chi connectivity index (χ1) is 7.60. The standard InChI is InChI=1S/C14H26IN/c1-11(16)8-12-4-5-13(15)10-14(9-12)6-2-3-7-14/h11-13H,2-10,16H2,1H3. The maximum absolute atomic E-state index is 5.99. The van der Waals surface area contributed by atoms with Gasteiger partial charge in [0, 0.05) is 9.97 Å². The molecule has 2 fully saturated rings. The summed E-state index contributed by atoms with van der Waals surface area (Å²) in [5.74, 6) is 0.915. The Morgan fingerprint density at radius 1 is 1.25 bits per heavy atom. The Hall–Kier alpha value is 0.690. The minimum absolute atomic E-state index is 0.397. The van der Waals surface area contributed by atoms with Crippen LogP contribution in [0.15, 0.2) is 0 Å². The highest BCUT2D eigenvalue weighted by Crippen LogP contribution is 2.51. The van der Waals surface area contributed by atoms with Crippen LogP contribution in [0, 0.1) is 11.3 Å². The van der Waals surface area contributed by atoms with Crippen LogP contribution < -0.4 is 5.73 Å². The second-order valence-corrected chi connectivity index (χ2v) is 8.13. The fourth-order valence-corrected chi connectivity index (χ4v) is 5.34. The Bertz CT molecular complexity index is 221. The predicted molar refractivity (Wildman–Crippen MR) is 78.9 cm³/mol. The predicted octanol–water partition coefficient (Wildman–Crippen LogP) is 4.28. The van der Waals surface area contributed by atoms with Crippen molar-refractivity contribution in [1.29, 1.82) is 0 Å². The maximum atomic E-state index is 5.99. The smallest absolute Gasteiger partial charge is 0.0115 e. The average Bonchev–Trinajstić information content (AvgIpc) is 2.55. The largest absolute Gasteiger partial charge is 0.328 e. The van der Waals surface area contributed by atoms with E-state index in [2.05, 4.69) is 29.5 Å². The lowest BCUT2D eigenvalue weighted by Gasteiger charge is -2.32. The zero-order chi connectivity index (χ0) is 11.6. The van der Waals surface area contributed by atoms with Gasteiger partial charge in [-0.05, 0) is 63.2 Å². The van der Waals surface area contributed by atoms with Crippen molar-refractivity contribution in [2.75, 3.05) is 0 Å². The fraction of sp³-hybridized carbons (Fsp3) is 1.00. The zero-order valence-electron chi connectivity index (χ0n) is 10.6. The van der Waals surface area contributed by atoms with Gasteiger partial charge in [0.1, 0.15) is 0 Å². The Morgan fingerprint density at radius 3 is 2.56 bits per heavy atom. The normalized spacial score (nSPS) is 36.2. The van der Waals surface area contributed by atoms with Crippen LogP contribution in [0.2, 0.25) is 0 Å². The van der Waals surface area contributed by atoms with Gasteiger partial charge < -0.3 is 5.73 Å². The summed E-state index contributed by atoms with van der Waals surface area (Å²) in [6.07, 6.45) is 13.0. The first kappa shape index (κ1) is 13.1. The van der Waals surface area contributed by atoms with Crippen LogP contribution in [0.5, 0.6) is 0 Å². The summed E-state index contributed by atoms with van der Waals surface area (Å²) in [4.78, 5) is 0. The molecule has 3 unspecified atom stereocenters. The molecule has 0 aliphatic heterocycles. The van der Waals surface area contributed by atoms with Gasteiger partial charge in [-0.2, -0.15) is 0 Å². The van der Waals surface area contributed by atoms with E-state index in [1.807, 2.05) is 0 Å². The number of rotatable bonds is 2. The SMILES string of the molecule is CC(N)CC1CCC(I)CC2(CCCC2)C1. The van der Waals surface area contributed by atoms with E-state index >= 15 is 0 Å². The van der Waals surface area contributed by atoms with E-state index in [1.54, 1.807) is 0 Å². The van der Waals surface area contributed by atoms with Crippen LogP contribution in [0.4, 0.5) is 0 Å². The third-order valence-electron chi connectivity index (χ3n) is 4.63. The Morgan fingerprint density at radius 2 is 1.94 bits per heavy atom. The quantitative estimate of drug-likeness (QED) is 0.592. The first-order valence-corrected chi connectivity index (χ1v) is 8.24. The molecule has 0 amide bonds. The number of hydrogen-bond acceptors (Lipinski definition) is 1. The molecular weight excluding hydrogens is 309 g/mol. The number of alkyl halides is 1. The van der Waals surface area contributed by atoms with Crippen LogP contribution >= 0.6 is 22.6 Å². The van der Waals surface area contributed by atoms with Crippen LogP contribution in [0.25, 0.3) is 0 Å². The van der Waals surface area contributed by atoms with Crippen LogP contribution in [-0.4, -0.2) is 9.97 Å². The summed E-state index contributed by atoms with van der Waals surface area (Å²) in [6.45, 7) is 2.17. The molecular formula is C14H26IN. The minimum atomic E-state index is 0.397. The molecule has 0 aromatic carbocycles. The lowest BCUT2D eigenvalue weighted by Crippen LogP contribution is -2.25. The van der Waals surface area contributed by atoms with Crippen LogP contribution in [-0.2, 0) is 0 Å². The fourth-order valence-electron chi connectivity index (χ4n) is 4.05. The number of nitrogens with two attached hydrogens (primary N) is 1. The molecule has 2 N–H and O–H groups in total. The zero-order valence-corrected chi connectivity index (χ0v) is 12.7. The van der Waals surface area contributed by atoms with Gasteiger partial charge >= 0.3 is 0 Å². The van der Waals surface area contributed by atoms with Gasteiger partial charge in [-0.15, -0.1) is 0 Å². The molecule has 0 aromatic heterocycles. The van der Waals surface area contributed by atoms with E-state index < -0.39 is 0 Å². The van der Waals surface area contributed by atoms with E-state index in [9.17, 15) is 0 Å². The van der Waals surface area contributed by atoms with E-state index in [4.69, 9.17) is 5.73 Å². The topological polar surface area (TPSA) is 26.0 Å². The Kier molecular flexibility index (Phi) is 4.56. The van der Waals surface area contributed by atoms with Crippen molar-refractivity contribution in [3.63, 3.8) is 0 Å². The third-order valence-corrected chi connectivity index (χ3v) is 5.70. The van der Waals surface area contributed by atoms with Crippen molar-refractivity contribution in [3.05, 3.63) is 0 Å². The summed E-state index contributed by atoms with van der Waals surface area (Å²) >= 11 is 2.69. The molecule has 2 heteroatoms. The van der Waals surface area contributed by atoms with Crippen molar-refractivity contribution < 1.29 is 0 Å². The lowest BCUT2D eigenvalue weighted by atomic mass is 9.75. The summed E-state index contributed by atoms with van der Waals surface area (Å²) < 4.78 is 0.925. The number of hydrogen-bond donors (Lipinski definition) is 1. The first-order valence-electron chi connectivity index (χ1n) is 6.99. The molecule has 1 nitrogen and oxygen atoms in total. The van der Waals surface area contributed by atoms with E-state index in [-0.39, 0.29) is 0 Å². The molecule has 0 aromatic rings. The molecule has 0 saturated heterocycles. The van der Waals surface area contributed by atoms with Gasteiger partial charge in [-0.3, -0.25) is 0 Å². The second kappa shape index (κ2) is 5.55. The summed E-state index contributed by atoms with van der Waals surface area (Å²) in [5.41, 5.74) is 6.72. The van der Waals surface area contributed by atoms with Gasteiger partial charge in [0.25, 0.3) is 0 Å². The minimum Gasteiger partial charge on any atom is -0.328 e. The average molecular weight is 335 g/mol. The third kappa shape index (κ3) is 3.34. The highest BCUT2D eigenvalue weighted by atomic mass is 127. The molecule has 0 bridgehead atoms. The summed E-state index contributed by atoms with van der Waals surface area (Å²) in [7, 11) is 0. The van der Waals surface area contributed by atoms with E-state index in [0.717, 1.165) is 15.3 Å². The van der Waals surface area contributed by atoms with Crippen molar-refractivity contribution in [2.45, 2.75) is 74.7 Å². The highest BCUT2D eigenvalue weighted by Gasteiger charge is 2.39. The lowest BCUT2D eigenvalue weighted by molar-refractivity contribution is 0.210. The van der Waals surface area contributed by atoms with Gasteiger partial charge in [0.2, 0.25) is 0 Å². The van der Waals surface area contributed by atoms with Crippen molar-refractivity contribution in [1.82, 2.24) is 0 Å². The van der Waals surface area contributed by atoms with Crippen molar-refractivity contribution >= 4 is 22.6 Å². The second-order valence-electron chi connectivity index (χ2n) is 6.37. The van der Waals surface area contributed by atoms with Gasteiger partial charge in [-0.1, -0.05) is 35.4 Å². The summed E-state index contributed by atoms with van der Waals surface area (Å²) in [6, 6.07) is 0.397. The van der Waals surface area contributed by atoms with Crippen LogP contribution in [0.3, 0.4) is 0 Å². The molecule has 2 aliphatic rings. The Labute approximate surface area is 114 Å². The van der Waals surface area contributed by atoms with E-state index in [0.29, 0.717) is 6.04 Å². The van der Waals surface area contributed by atoms with Crippen LogP contribution in [0.1, 0.15) is 64.7 Å². The number of halogens is 1.